The quantitative estimate of drug-likeness (QED) is 0.626. The molecule has 1 fully saturated rings. The summed E-state index contributed by atoms with van der Waals surface area (Å²) in [7, 11) is 0. The Labute approximate surface area is 195 Å². The van der Waals surface area contributed by atoms with Crippen molar-refractivity contribution < 1.29 is 9.53 Å². The summed E-state index contributed by atoms with van der Waals surface area (Å²) in [5, 5.41) is 9.57. The fraction of sp³-hybridized carbons (Fsp3) is 0.538. The van der Waals surface area contributed by atoms with E-state index in [9.17, 15) is 10.1 Å². The van der Waals surface area contributed by atoms with Gasteiger partial charge < -0.3 is 14.5 Å². The van der Waals surface area contributed by atoms with Crippen molar-refractivity contribution in [2.75, 3.05) is 24.5 Å². The molecule has 7 heteroatoms. The molecule has 2 aliphatic heterocycles. The van der Waals surface area contributed by atoms with Crippen LogP contribution in [-0.4, -0.2) is 46.2 Å². The Kier molecular flexibility index (Phi) is 5.08. The number of anilines is 2. The van der Waals surface area contributed by atoms with Crippen LogP contribution in [0.15, 0.2) is 24.5 Å². The Morgan fingerprint density at radius 1 is 1.24 bits per heavy atom. The van der Waals surface area contributed by atoms with Crippen LogP contribution in [0.25, 0.3) is 0 Å². The second-order valence-corrected chi connectivity index (χ2v) is 10.7. The van der Waals surface area contributed by atoms with Gasteiger partial charge in [-0.2, -0.15) is 5.26 Å². The minimum absolute atomic E-state index is 0.125. The van der Waals surface area contributed by atoms with Crippen molar-refractivity contribution in [2.45, 2.75) is 70.3 Å². The number of nitrogens with zero attached hydrogens (tertiary/aromatic N) is 5. The molecule has 0 N–H and O–H groups in total. The molecule has 7 nitrogen and oxygen atoms in total. The Morgan fingerprint density at radius 3 is 2.70 bits per heavy atom. The van der Waals surface area contributed by atoms with E-state index in [1.807, 2.05) is 37.8 Å². The number of aryl methyl sites for hydroxylation is 1. The second-order valence-electron chi connectivity index (χ2n) is 10.7. The first-order valence-electron chi connectivity index (χ1n) is 11.8. The molecule has 1 unspecified atom stereocenters. The predicted molar refractivity (Wildman–Crippen MR) is 126 cm³/mol. The van der Waals surface area contributed by atoms with Crippen LogP contribution in [0, 0.1) is 11.3 Å². The molecule has 1 amide bonds. The number of piperidine rings is 1. The number of fused-ring (bicyclic) bond motifs is 3. The van der Waals surface area contributed by atoms with Crippen LogP contribution in [0.5, 0.6) is 0 Å². The van der Waals surface area contributed by atoms with Crippen molar-refractivity contribution in [1.82, 2.24) is 14.9 Å². The first-order valence-corrected chi connectivity index (χ1v) is 11.8. The van der Waals surface area contributed by atoms with Gasteiger partial charge in [-0.05, 0) is 76.1 Å². The van der Waals surface area contributed by atoms with Gasteiger partial charge in [-0.1, -0.05) is 6.92 Å². The fourth-order valence-electron chi connectivity index (χ4n) is 5.64. The van der Waals surface area contributed by atoms with Gasteiger partial charge in [0.25, 0.3) is 0 Å². The molecule has 0 radical (unpaired) electrons. The standard InChI is InChI=1S/C26H31N5O2/c1-17-5-7-20-22(17)23(29-16-28-20)31-15-26(19-13-18(14-27)6-8-21(19)31)9-11-30(12-10-26)24(32)33-25(2,3)4/h6,8,13,16-17H,5,7,9-12,15H2,1-4H3. The van der Waals surface area contributed by atoms with Crippen molar-refractivity contribution >= 4 is 17.6 Å². The first kappa shape index (κ1) is 21.7. The van der Waals surface area contributed by atoms with Gasteiger partial charge in [-0.25, -0.2) is 14.8 Å². The average molecular weight is 446 g/mol. The number of aromatic nitrogens is 2. The van der Waals surface area contributed by atoms with Gasteiger partial charge >= 0.3 is 6.09 Å². The van der Waals surface area contributed by atoms with Crippen LogP contribution in [0.2, 0.25) is 0 Å². The van der Waals surface area contributed by atoms with E-state index in [1.165, 1.54) is 11.1 Å². The zero-order valence-electron chi connectivity index (χ0n) is 19.9. The van der Waals surface area contributed by atoms with E-state index >= 15 is 0 Å². The smallest absolute Gasteiger partial charge is 0.410 e. The van der Waals surface area contributed by atoms with Gasteiger partial charge in [0.15, 0.2) is 0 Å². The van der Waals surface area contributed by atoms with Crippen molar-refractivity contribution in [3.8, 4) is 6.07 Å². The largest absolute Gasteiger partial charge is 0.444 e. The Balaban J connectivity index is 1.49. The zero-order chi connectivity index (χ0) is 23.4. The minimum Gasteiger partial charge on any atom is -0.444 e. The van der Waals surface area contributed by atoms with Crippen molar-refractivity contribution in [3.05, 3.63) is 46.9 Å². The summed E-state index contributed by atoms with van der Waals surface area (Å²) in [6, 6.07) is 8.31. The molecule has 1 spiro atoms. The molecule has 3 aliphatic rings. The van der Waals surface area contributed by atoms with Crippen molar-refractivity contribution in [2.24, 2.45) is 0 Å². The van der Waals surface area contributed by atoms with Crippen LogP contribution in [0.3, 0.4) is 0 Å². The molecule has 33 heavy (non-hydrogen) atoms. The predicted octanol–water partition coefficient (Wildman–Crippen LogP) is 4.82. The van der Waals surface area contributed by atoms with E-state index in [0.717, 1.165) is 49.4 Å². The number of carbonyl (C=O) groups excluding carboxylic acids is 1. The Morgan fingerprint density at radius 2 is 2.00 bits per heavy atom. The summed E-state index contributed by atoms with van der Waals surface area (Å²) in [6.45, 7) is 10.0. The number of carbonyl (C=O) groups is 1. The maximum atomic E-state index is 12.6. The molecule has 1 aliphatic carbocycles. The molecular formula is C26H31N5O2. The van der Waals surface area contributed by atoms with Crippen LogP contribution >= 0.6 is 0 Å². The van der Waals surface area contributed by atoms with Gasteiger partial charge in [0, 0.05) is 42.0 Å². The number of ether oxygens (including phenoxy) is 1. The van der Waals surface area contributed by atoms with E-state index in [2.05, 4.69) is 28.9 Å². The zero-order valence-corrected chi connectivity index (χ0v) is 19.9. The number of hydrogen-bond acceptors (Lipinski definition) is 6. The molecular weight excluding hydrogens is 414 g/mol. The van der Waals surface area contributed by atoms with Crippen molar-refractivity contribution in [3.63, 3.8) is 0 Å². The third-order valence-electron chi connectivity index (χ3n) is 7.33. The molecule has 1 saturated heterocycles. The highest BCUT2D eigenvalue weighted by atomic mass is 16.6. The van der Waals surface area contributed by atoms with Crippen LogP contribution < -0.4 is 4.90 Å². The lowest BCUT2D eigenvalue weighted by Gasteiger charge is -2.40. The van der Waals surface area contributed by atoms with E-state index in [-0.39, 0.29) is 11.5 Å². The van der Waals surface area contributed by atoms with E-state index in [4.69, 9.17) is 9.72 Å². The molecule has 1 aromatic carbocycles. The topological polar surface area (TPSA) is 82.3 Å². The number of nitriles is 1. The molecule has 0 saturated carbocycles. The second kappa shape index (κ2) is 7.72. The minimum atomic E-state index is -0.505. The van der Waals surface area contributed by atoms with Crippen LogP contribution in [0.1, 0.15) is 75.3 Å². The van der Waals surface area contributed by atoms with Gasteiger partial charge in [0.2, 0.25) is 0 Å². The highest BCUT2D eigenvalue weighted by Gasteiger charge is 2.47. The lowest BCUT2D eigenvalue weighted by Crippen LogP contribution is -2.48. The lowest BCUT2D eigenvalue weighted by molar-refractivity contribution is 0.0171. The maximum Gasteiger partial charge on any atom is 0.410 e. The van der Waals surface area contributed by atoms with Gasteiger partial charge in [0.05, 0.1) is 11.6 Å². The first-order chi connectivity index (χ1) is 15.7. The van der Waals surface area contributed by atoms with E-state index in [0.29, 0.717) is 24.6 Å². The summed E-state index contributed by atoms with van der Waals surface area (Å²) in [5.41, 5.74) is 4.78. The van der Waals surface area contributed by atoms with Gasteiger partial charge in [-0.3, -0.25) is 0 Å². The molecule has 1 atom stereocenters. The summed E-state index contributed by atoms with van der Waals surface area (Å²) >= 11 is 0. The highest BCUT2D eigenvalue weighted by molar-refractivity contribution is 5.75. The molecule has 0 bridgehead atoms. The number of rotatable bonds is 1. The number of amides is 1. The summed E-state index contributed by atoms with van der Waals surface area (Å²) in [6.07, 6.45) is 5.19. The maximum absolute atomic E-state index is 12.6. The molecule has 172 valence electrons. The number of likely N-dealkylation sites (tertiary alicyclic amines) is 1. The summed E-state index contributed by atoms with van der Waals surface area (Å²) < 4.78 is 5.60. The normalized spacial score (nSPS) is 21.0. The Hall–Kier alpha value is -3.14. The molecule has 5 rings (SSSR count). The summed E-state index contributed by atoms with van der Waals surface area (Å²) in [4.78, 5) is 26.1. The number of hydrogen-bond donors (Lipinski definition) is 0. The Bertz CT molecular complexity index is 1140. The fourth-order valence-corrected chi connectivity index (χ4v) is 5.64. The third kappa shape index (κ3) is 3.72. The average Bonchev–Trinajstić information content (AvgIpc) is 3.31. The number of benzene rings is 1. The summed E-state index contributed by atoms with van der Waals surface area (Å²) in [5.74, 6) is 1.44. The van der Waals surface area contributed by atoms with Gasteiger partial charge in [0.1, 0.15) is 17.7 Å². The van der Waals surface area contributed by atoms with E-state index in [1.54, 1.807) is 6.33 Å². The molecule has 3 heterocycles. The third-order valence-corrected chi connectivity index (χ3v) is 7.33. The van der Waals surface area contributed by atoms with Crippen LogP contribution in [-0.2, 0) is 16.6 Å². The molecule has 2 aromatic rings. The monoisotopic (exact) mass is 445 g/mol. The lowest BCUT2D eigenvalue weighted by atomic mass is 9.74. The SMILES string of the molecule is CC1CCc2ncnc(N3CC4(CCN(C(=O)OC(C)(C)C)CC4)c4cc(C#N)ccc43)c21. The highest BCUT2D eigenvalue weighted by Crippen LogP contribution is 2.51. The van der Waals surface area contributed by atoms with Crippen molar-refractivity contribution in [1.29, 1.82) is 5.26 Å². The van der Waals surface area contributed by atoms with Crippen LogP contribution in [0.4, 0.5) is 16.3 Å². The molecule has 1 aromatic heterocycles. The van der Waals surface area contributed by atoms with Gasteiger partial charge in [-0.15, -0.1) is 0 Å². The van der Waals surface area contributed by atoms with E-state index < -0.39 is 5.60 Å².